The summed E-state index contributed by atoms with van der Waals surface area (Å²) in [5, 5.41) is 30.7. The van der Waals surface area contributed by atoms with Crippen LogP contribution in [0.4, 0.5) is 0 Å². The van der Waals surface area contributed by atoms with Crippen molar-refractivity contribution in [2.24, 2.45) is 0 Å². The van der Waals surface area contributed by atoms with Crippen LogP contribution in [0.25, 0.3) is 0 Å². The van der Waals surface area contributed by atoms with Crippen molar-refractivity contribution >= 4 is 5.91 Å². The lowest BCUT2D eigenvalue weighted by atomic mass is 9.97. The molecular formula is C9H17NO6. The number of rotatable bonds is 3. The Morgan fingerprint density at radius 3 is 2.56 bits per heavy atom. The molecule has 0 saturated carbocycles. The summed E-state index contributed by atoms with van der Waals surface area (Å²) >= 11 is 0. The van der Waals surface area contributed by atoms with Crippen LogP contribution in [0.2, 0.25) is 0 Å². The van der Waals surface area contributed by atoms with E-state index in [-0.39, 0.29) is 6.61 Å². The van der Waals surface area contributed by atoms with E-state index in [1.54, 1.807) is 0 Å². The van der Waals surface area contributed by atoms with Gasteiger partial charge in [-0.3, -0.25) is 4.79 Å². The SMILES string of the molecule is CO[C@H]1[C@H](O)[C@H](NC(C)=O)[C@@H](O)O[C@@H]1CO. The lowest BCUT2D eigenvalue weighted by Crippen LogP contribution is -2.64. The molecule has 1 rings (SSSR count). The Labute approximate surface area is 93.0 Å². The number of methoxy groups -OCH3 is 1. The van der Waals surface area contributed by atoms with Crippen molar-refractivity contribution in [3.63, 3.8) is 0 Å². The van der Waals surface area contributed by atoms with E-state index in [2.05, 4.69) is 5.32 Å². The highest BCUT2D eigenvalue weighted by Gasteiger charge is 2.44. The van der Waals surface area contributed by atoms with Crippen LogP contribution in [0.3, 0.4) is 0 Å². The van der Waals surface area contributed by atoms with Crippen LogP contribution < -0.4 is 5.32 Å². The summed E-state index contributed by atoms with van der Waals surface area (Å²) < 4.78 is 10.00. The topological polar surface area (TPSA) is 108 Å². The molecule has 1 saturated heterocycles. The van der Waals surface area contributed by atoms with Crippen LogP contribution in [0.15, 0.2) is 0 Å². The largest absolute Gasteiger partial charge is 0.394 e. The summed E-state index contributed by atoms with van der Waals surface area (Å²) in [5.41, 5.74) is 0. The minimum absolute atomic E-state index is 0.389. The van der Waals surface area contributed by atoms with Crippen molar-refractivity contribution in [1.82, 2.24) is 5.32 Å². The number of aliphatic hydroxyl groups is 3. The first kappa shape index (κ1) is 13.3. The number of hydrogen-bond donors (Lipinski definition) is 4. The Hall–Kier alpha value is -0.730. The molecule has 1 aliphatic heterocycles. The van der Waals surface area contributed by atoms with Crippen molar-refractivity contribution in [2.75, 3.05) is 13.7 Å². The van der Waals surface area contributed by atoms with Gasteiger partial charge in [-0.1, -0.05) is 0 Å². The average Bonchev–Trinajstić information content (AvgIpc) is 2.23. The molecule has 0 unspecified atom stereocenters. The van der Waals surface area contributed by atoms with Gasteiger partial charge >= 0.3 is 0 Å². The molecule has 7 heteroatoms. The van der Waals surface area contributed by atoms with E-state index in [1.807, 2.05) is 0 Å². The van der Waals surface area contributed by atoms with E-state index in [1.165, 1.54) is 14.0 Å². The van der Waals surface area contributed by atoms with Gasteiger partial charge in [-0.15, -0.1) is 0 Å². The van der Waals surface area contributed by atoms with Crippen LogP contribution in [0.5, 0.6) is 0 Å². The van der Waals surface area contributed by atoms with Crippen molar-refractivity contribution in [3.8, 4) is 0 Å². The fourth-order valence-corrected chi connectivity index (χ4v) is 1.76. The van der Waals surface area contributed by atoms with E-state index in [0.29, 0.717) is 0 Å². The monoisotopic (exact) mass is 235 g/mol. The molecule has 1 aliphatic rings. The number of ether oxygens (including phenoxy) is 2. The van der Waals surface area contributed by atoms with Crippen molar-refractivity contribution in [3.05, 3.63) is 0 Å². The van der Waals surface area contributed by atoms with Gasteiger partial charge < -0.3 is 30.1 Å². The molecule has 0 aliphatic carbocycles. The van der Waals surface area contributed by atoms with Crippen LogP contribution in [-0.4, -0.2) is 65.6 Å². The fraction of sp³-hybridized carbons (Fsp3) is 0.889. The Balaban J connectivity index is 2.76. The van der Waals surface area contributed by atoms with Crippen LogP contribution in [0.1, 0.15) is 6.92 Å². The first-order valence-electron chi connectivity index (χ1n) is 4.93. The molecule has 7 nitrogen and oxygen atoms in total. The van der Waals surface area contributed by atoms with Gasteiger partial charge in [-0.05, 0) is 0 Å². The lowest BCUT2D eigenvalue weighted by molar-refractivity contribution is -0.258. The summed E-state index contributed by atoms with van der Waals surface area (Å²) in [6, 6.07) is -0.967. The minimum Gasteiger partial charge on any atom is -0.394 e. The second kappa shape index (κ2) is 5.55. The minimum atomic E-state index is -1.37. The van der Waals surface area contributed by atoms with Gasteiger partial charge in [-0.25, -0.2) is 0 Å². The second-order valence-electron chi connectivity index (χ2n) is 3.66. The summed E-state index contributed by atoms with van der Waals surface area (Å²) in [4.78, 5) is 10.9. The van der Waals surface area contributed by atoms with Crippen molar-refractivity contribution < 1.29 is 29.6 Å². The van der Waals surface area contributed by atoms with Crippen molar-refractivity contribution in [1.29, 1.82) is 0 Å². The smallest absolute Gasteiger partial charge is 0.217 e. The molecule has 0 aromatic heterocycles. The van der Waals surface area contributed by atoms with Gasteiger partial charge in [0, 0.05) is 14.0 Å². The molecule has 0 aromatic carbocycles. The van der Waals surface area contributed by atoms with Gasteiger partial charge in [0.2, 0.25) is 5.91 Å². The first-order chi connectivity index (χ1) is 7.51. The number of amides is 1. The van der Waals surface area contributed by atoms with E-state index in [9.17, 15) is 15.0 Å². The van der Waals surface area contributed by atoms with Crippen LogP contribution in [-0.2, 0) is 14.3 Å². The van der Waals surface area contributed by atoms with Crippen LogP contribution >= 0.6 is 0 Å². The molecule has 0 bridgehead atoms. The zero-order valence-electron chi connectivity index (χ0n) is 9.16. The standard InChI is InChI=1S/C9H17NO6/c1-4(12)10-6-7(13)8(15-2)5(3-11)16-9(6)14/h5-9,11,13-14H,3H2,1-2H3,(H,10,12)/t5-,6+,7-,8-,9+/m1/s1. The highest BCUT2D eigenvalue weighted by atomic mass is 16.6. The second-order valence-corrected chi connectivity index (χ2v) is 3.66. The van der Waals surface area contributed by atoms with Crippen LogP contribution in [0, 0.1) is 0 Å². The Morgan fingerprint density at radius 1 is 1.50 bits per heavy atom. The number of aliphatic hydroxyl groups excluding tert-OH is 3. The first-order valence-corrected chi connectivity index (χ1v) is 4.93. The summed E-state index contributed by atoms with van der Waals surface area (Å²) in [6.07, 6.45) is -4.14. The highest BCUT2D eigenvalue weighted by Crippen LogP contribution is 2.21. The molecule has 1 heterocycles. The molecule has 5 atom stereocenters. The van der Waals surface area contributed by atoms with Gasteiger partial charge in [0.15, 0.2) is 6.29 Å². The number of nitrogens with one attached hydrogen (secondary N) is 1. The maximum absolute atomic E-state index is 10.9. The number of carbonyl (C=O) groups is 1. The molecule has 4 N–H and O–H groups in total. The van der Waals surface area contributed by atoms with Crippen molar-refractivity contribution in [2.45, 2.75) is 37.6 Å². The zero-order valence-corrected chi connectivity index (χ0v) is 9.16. The molecule has 0 aromatic rings. The van der Waals surface area contributed by atoms with E-state index in [0.717, 1.165) is 0 Å². The molecule has 0 spiro atoms. The van der Waals surface area contributed by atoms with Gasteiger partial charge in [-0.2, -0.15) is 0 Å². The maximum Gasteiger partial charge on any atom is 0.217 e. The van der Waals surface area contributed by atoms with Gasteiger partial charge in [0.05, 0.1) is 6.61 Å². The fourth-order valence-electron chi connectivity index (χ4n) is 1.76. The molecular weight excluding hydrogens is 218 g/mol. The quantitative estimate of drug-likeness (QED) is 0.433. The third kappa shape index (κ3) is 2.69. The zero-order chi connectivity index (χ0) is 12.3. The van der Waals surface area contributed by atoms with E-state index >= 15 is 0 Å². The summed E-state index contributed by atoms with van der Waals surface area (Å²) in [5.74, 6) is -0.399. The molecule has 1 amide bonds. The number of hydrogen-bond acceptors (Lipinski definition) is 6. The Kier molecular flexibility index (Phi) is 4.63. The number of carbonyl (C=O) groups excluding carboxylic acids is 1. The van der Waals surface area contributed by atoms with Gasteiger partial charge in [0.25, 0.3) is 0 Å². The molecule has 94 valence electrons. The Bertz CT molecular complexity index is 248. The molecule has 1 fully saturated rings. The normalized spacial score (nSPS) is 39.4. The molecule has 16 heavy (non-hydrogen) atoms. The predicted molar refractivity (Wildman–Crippen MR) is 52.4 cm³/mol. The van der Waals surface area contributed by atoms with E-state index < -0.39 is 36.6 Å². The average molecular weight is 235 g/mol. The molecule has 0 radical (unpaired) electrons. The summed E-state index contributed by atoms with van der Waals surface area (Å²) in [6.45, 7) is 0.874. The summed E-state index contributed by atoms with van der Waals surface area (Å²) in [7, 11) is 1.35. The maximum atomic E-state index is 10.9. The highest BCUT2D eigenvalue weighted by molar-refractivity contribution is 5.73. The van der Waals surface area contributed by atoms with E-state index in [4.69, 9.17) is 14.6 Å². The Morgan fingerprint density at radius 2 is 2.12 bits per heavy atom. The third-order valence-electron chi connectivity index (χ3n) is 2.51. The predicted octanol–water partition coefficient (Wildman–Crippen LogP) is -2.42. The lowest BCUT2D eigenvalue weighted by Gasteiger charge is -2.41. The van der Waals surface area contributed by atoms with Gasteiger partial charge in [0.1, 0.15) is 24.4 Å². The third-order valence-corrected chi connectivity index (χ3v) is 2.51.